The Morgan fingerprint density at radius 2 is 0.433 bits per heavy atom. The molecule has 0 bridgehead atoms. The summed E-state index contributed by atoms with van der Waals surface area (Å²) >= 11 is 0. The second-order valence-corrected chi connectivity index (χ2v) is 32.9. The van der Waals surface area contributed by atoms with Crippen molar-refractivity contribution in [1.82, 2.24) is 0 Å². The van der Waals surface area contributed by atoms with Gasteiger partial charge in [-0.1, -0.05) is 344 Å². The van der Waals surface area contributed by atoms with E-state index in [1.807, 2.05) is 0 Å². The van der Waals surface area contributed by atoms with Gasteiger partial charge >= 0.3 is 39.5 Å². The normalized spacial score (nSPS) is 14.1. The van der Waals surface area contributed by atoms with E-state index in [1.54, 1.807) is 0 Å². The number of hydrogen-bond acceptors (Lipinski definition) is 15. The van der Waals surface area contributed by atoms with E-state index in [0.29, 0.717) is 25.7 Å². The predicted octanol–water partition coefficient (Wildman–Crippen LogP) is 22.8. The molecule has 0 aromatic carbocycles. The molecule has 0 heterocycles. The number of unbranched alkanes of at least 4 members (excludes halogenated alkanes) is 41. The zero-order valence-electron chi connectivity index (χ0n) is 63.7. The number of phosphoric acid groups is 2. The lowest BCUT2D eigenvalue weighted by Gasteiger charge is -2.21. The molecule has 0 rings (SSSR count). The zero-order valence-corrected chi connectivity index (χ0v) is 65.5. The van der Waals surface area contributed by atoms with Crippen LogP contribution < -0.4 is 0 Å². The van der Waals surface area contributed by atoms with Crippen molar-refractivity contribution in [2.75, 3.05) is 39.6 Å². The van der Waals surface area contributed by atoms with Crippen LogP contribution in [-0.2, 0) is 65.4 Å². The van der Waals surface area contributed by atoms with Gasteiger partial charge in [0, 0.05) is 25.7 Å². The van der Waals surface area contributed by atoms with Gasteiger partial charge in [-0.05, 0) is 49.4 Å². The Labute approximate surface area is 594 Å². The monoisotopic (exact) mass is 1420 g/mol. The number of aliphatic hydroxyl groups is 1. The third-order valence-electron chi connectivity index (χ3n) is 18.1. The molecule has 3 N–H and O–H groups in total. The fourth-order valence-electron chi connectivity index (χ4n) is 11.9. The third kappa shape index (κ3) is 72.2. The molecule has 0 aliphatic rings. The van der Waals surface area contributed by atoms with Crippen molar-refractivity contribution >= 4 is 39.5 Å². The summed E-state index contributed by atoms with van der Waals surface area (Å²) in [7, 11) is -9.92. The van der Waals surface area contributed by atoms with Crippen molar-refractivity contribution in [2.45, 2.75) is 414 Å². The third-order valence-corrected chi connectivity index (χ3v) is 20.0. The highest BCUT2D eigenvalue weighted by Crippen LogP contribution is 2.45. The van der Waals surface area contributed by atoms with Crippen LogP contribution in [0.25, 0.3) is 0 Å². The summed E-state index contributed by atoms with van der Waals surface area (Å²) in [5, 5.41) is 10.6. The van der Waals surface area contributed by atoms with Crippen LogP contribution in [-0.4, -0.2) is 96.7 Å². The topological polar surface area (TPSA) is 237 Å². The zero-order chi connectivity index (χ0) is 71.7. The van der Waals surface area contributed by atoms with Crippen LogP contribution in [0.3, 0.4) is 0 Å². The van der Waals surface area contributed by atoms with Crippen molar-refractivity contribution in [1.29, 1.82) is 0 Å². The van der Waals surface area contributed by atoms with Crippen LogP contribution in [0.2, 0.25) is 0 Å². The molecule has 0 saturated heterocycles. The lowest BCUT2D eigenvalue weighted by molar-refractivity contribution is -0.161. The largest absolute Gasteiger partial charge is 0.472 e. The van der Waals surface area contributed by atoms with Crippen LogP contribution in [0.15, 0.2) is 0 Å². The van der Waals surface area contributed by atoms with Gasteiger partial charge in [0.1, 0.15) is 19.3 Å². The summed E-state index contributed by atoms with van der Waals surface area (Å²) in [6.07, 6.45) is 52.6. The van der Waals surface area contributed by atoms with E-state index >= 15 is 0 Å². The highest BCUT2D eigenvalue weighted by molar-refractivity contribution is 7.47. The average Bonchev–Trinajstić information content (AvgIpc) is 1.15. The molecule has 0 fully saturated rings. The number of ether oxygens (including phenoxy) is 4. The molecule has 0 aromatic heterocycles. The molecule has 0 aliphatic heterocycles. The fourth-order valence-corrected chi connectivity index (χ4v) is 13.5. The molecule has 0 amide bonds. The quantitative estimate of drug-likeness (QED) is 0.0222. The van der Waals surface area contributed by atoms with Crippen molar-refractivity contribution in [3.8, 4) is 0 Å². The van der Waals surface area contributed by atoms with E-state index in [-0.39, 0.29) is 25.7 Å². The Hall–Kier alpha value is -1.94. The average molecular weight is 1420 g/mol. The molecular weight excluding hydrogens is 1270 g/mol. The summed E-state index contributed by atoms with van der Waals surface area (Å²) in [6.45, 7) is 14.2. The highest BCUT2D eigenvalue weighted by atomic mass is 31.2. The van der Waals surface area contributed by atoms with E-state index in [0.717, 1.165) is 114 Å². The number of hydrogen-bond donors (Lipinski definition) is 3. The smallest absolute Gasteiger partial charge is 0.462 e. The van der Waals surface area contributed by atoms with Crippen LogP contribution in [0.5, 0.6) is 0 Å². The van der Waals surface area contributed by atoms with E-state index < -0.39 is 97.5 Å². The summed E-state index contributed by atoms with van der Waals surface area (Å²) < 4.78 is 68.6. The highest BCUT2D eigenvalue weighted by Gasteiger charge is 2.30. The number of carbonyl (C=O) groups is 4. The Kier molecular flexibility index (Phi) is 65.9. The molecule has 19 heteroatoms. The summed E-state index contributed by atoms with van der Waals surface area (Å²) in [5.41, 5.74) is 0. The molecular formula is C78H152O17P2. The lowest BCUT2D eigenvalue weighted by Crippen LogP contribution is -2.30. The van der Waals surface area contributed by atoms with Crippen molar-refractivity contribution in [3.63, 3.8) is 0 Å². The number of aliphatic hydroxyl groups excluding tert-OH is 1. The van der Waals surface area contributed by atoms with Crippen LogP contribution in [0, 0.1) is 23.7 Å². The Bertz CT molecular complexity index is 1900. The summed E-state index contributed by atoms with van der Waals surface area (Å²) in [4.78, 5) is 72.9. The van der Waals surface area contributed by atoms with E-state index in [2.05, 4.69) is 55.4 Å². The minimum absolute atomic E-state index is 0.105. The van der Waals surface area contributed by atoms with E-state index in [4.69, 9.17) is 37.0 Å². The first kappa shape index (κ1) is 95.1. The Morgan fingerprint density at radius 3 is 0.639 bits per heavy atom. The minimum Gasteiger partial charge on any atom is -0.462 e. The van der Waals surface area contributed by atoms with Gasteiger partial charge in [-0.15, -0.1) is 0 Å². The van der Waals surface area contributed by atoms with Gasteiger partial charge in [-0.2, -0.15) is 0 Å². The maximum Gasteiger partial charge on any atom is 0.472 e. The number of rotatable bonds is 75. The van der Waals surface area contributed by atoms with E-state index in [9.17, 15) is 43.2 Å². The first-order chi connectivity index (χ1) is 46.6. The van der Waals surface area contributed by atoms with Crippen molar-refractivity contribution < 1.29 is 80.2 Å². The summed E-state index contributed by atoms with van der Waals surface area (Å²) in [6, 6.07) is 0. The van der Waals surface area contributed by atoms with Crippen LogP contribution in [0.1, 0.15) is 396 Å². The minimum atomic E-state index is -4.96. The second kappa shape index (κ2) is 67.2. The van der Waals surface area contributed by atoms with Crippen LogP contribution in [0.4, 0.5) is 0 Å². The van der Waals surface area contributed by atoms with Gasteiger partial charge in [0.05, 0.1) is 26.4 Å². The number of phosphoric ester groups is 2. The van der Waals surface area contributed by atoms with Gasteiger partial charge in [0.25, 0.3) is 0 Å². The maximum atomic E-state index is 13.1. The first-order valence-corrected chi connectivity index (χ1v) is 43.2. The number of esters is 4. The molecule has 0 aromatic rings. The summed E-state index contributed by atoms with van der Waals surface area (Å²) in [5.74, 6) is 0.956. The Balaban J connectivity index is 5.27. The van der Waals surface area contributed by atoms with Gasteiger partial charge in [0.2, 0.25) is 0 Å². The van der Waals surface area contributed by atoms with E-state index in [1.165, 1.54) is 199 Å². The molecule has 5 atom stereocenters. The van der Waals surface area contributed by atoms with Gasteiger partial charge in [-0.25, -0.2) is 9.13 Å². The SMILES string of the molecule is CC(C)CCCCCCCCCCCCCCCC(=O)OC[C@H](COP(=O)(O)OC[C@@H](O)COP(=O)(O)OC[C@@H](COC(=O)CCCCCCCCCCCC(C)C)OC(=O)CCCCCCCCCCCCC(C)C)OC(=O)CCCCCCCCCCCCCCCC(C)C. The first-order valence-electron chi connectivity index (χ1n) is 40.2. The standard InChI is InChI=1S/C78H152O17P2/c1-68(2)54-46-38-30-22-15-11-9-13-17-26-34-42-50-58-75(80)88-64-73(94-77(82)60-52-44-36-27-18-14-10-12-16-23-31-39-47-55-69(3)4)66-92-96(84,85)90-62-72(79)63-91-97(86,87)93-67-74(65-89-76(81)59-51-43-35-29-21-25-33-41-49-57-71(7)8)95-78(83)61-53-45-37-28-20-19-24-32-40-48-56-70(5)6/h68-74,79H,9-67H2,1-8H3,(H,84,85)(H,86,87)/t72-,73-,74-/m1/s1. The molecule has 0 spiro atoms. The van der Waals surface area contributed by atoms with Gasteiger partial charge in [0.15, 0.2) is 12.2 Å². The fraction of sp³-hybridized carbons (Fsp3) is 0.949. The van der Waals surface area contributed by atoms with Crippen molar-refractivity contribution in [3.05, 3.63) is 0 Å². The lowest BCUT2D eigenvalue weighted by atomic mass is 10.0. The maximum absolute atomic E-state index is 13.1. The molecule has 2 unspecified atom stereocenters. The second-order valence-electron chi connectivity index (χ2n) is 30.0. The van der Waals surface area contributed by atoms with Gasteiger partial charge in [-0.3, -0.25) is 37.3 Å². The molecule has 0 aliphatic carbocycles. The predicted molar refractivity (Wildman–Crippen MR) is 395 cm³/mol. The molecule has 97 heavy (non-hydrogen) atoms. The van der Waals surface area contributed by atoms with Gasteiger partial charge < -0.3 is 33.8 Å². The number of carbonyl (C=O) groups excluding carboxylic acids is 4. The molecule has 0 radical (unpaired) electrons. The molecule has 0 saturated carbocycles. The molecule has 17 nitrogen and oxygen atoms in total. The molecule has 576 valence electrons. The van der Waals surface area contributed by atoms with Crippen molar-refractivity contribution in [2.24, 2.45) is 23.7 Å². The van der Waals surface area contributed by atoms with Crippen LogP contribution >= 0.6 is 15.6 Å². The Morgan fingerprint density at radius 1 is 0.258 bits per heavy atom.